The number of H-pyrrole nitrogens is 1. The number of aryl methyl sites for hydroxylation is 1. The van der Waals surface area contributed by atoms with Crippen LogP contribution >= 0.6 is 0 Å². The number of nitrogens with one attached hydrogen (secondary N) is 1. The fraction of sp³-hybridized carbons (Fsp3) is 0.231. The lowest BCUT2D eigenvalue weighted by atomic mass is 10.1. The Kier molecular flexibility index (Phi) is 1.93. The van der Waals surface area contributed by atoms with Gasteiger partial charge in [-0.15, -0.1) is 0 Å². The molecule has 2 heterocycles. The molecule has 0 amide bonds. The largest absolute Gasteiger partial charge is 0.325 e. The number of aromatic nitrogens is 2. The van der Waals surface area contributed by atoms with Crippen LogP contribution in [0, 0.1) is 0 Å². The summed E-state index contributed by atoms with van der Waals surface area (Å²) in [4.78, 5) is 19.0. The summed E-state index contributed by atoms with van der Waals surface area (Å²) >= 11 is 0. The zero-order chi connectivity index (χ0) is 11.1. The number of aromatic amines is 1. The van der Waals surface area contributed by atoms with E-state index < -0.39 is 0 Å². The third-order valence-corrected chi connectivity index (χ3v) is 3.11. The highest BCUT2D eigenvalue weighted by molar-refractivity contribution is 5.74. The molecule has 1 aliphatic rings. The molecule has 0 unspecified atom stereocenters. The van der Waals surface area contributed by atoms with Crippen molar-refractivity contribution in [1.82, 2.24) is 9.97 Å². The Balaban J connectivity index is 2.28. The highest BCUT2D eigenvalue weighted by atomic mass is 16.1. The van der Waals surface area contributed by atoms with Gasteiger partial charge in [0, 0.05) is 35.0 Å². The first-order valence-corrected chi connectivity index (χ1v) is 5.49. The first-order chi connectivity index (χ1) is 7.79. The molecule has 0 atom stereocenters. The van der Waals surface area contributed by atoms with Crippen LogP contribution in [0.25, 0.3) is 11.1 Å². The predicted octanol–water partition coefficient (Wildman–Crippen LogP) is 1.90. The van der Waals surface area contributed by atoms with Crippen LogP contribution in [0.3, 0.4) is 0 Å². The lowest BCUT2D eigenvalue weighted by molar-refractivity contribution is 1.00. The second-order valence-electron chi connectivity index (χ2n) is 4.04. The Morgan fingerprint density at radius 2 is 2.31 bits per heavy atom. The van der Waals surface area contributed by atoms with E-state index in [0.717, 1.165) is 40.9 Å². The van der Waals surface area contributed by atoms with Gasteiger partial charge in [0.2, 0.25) is 0 Å². The Morgan fingerprint density at radius 3 is 3.12 bits per heavy atom. The van der Waals surface area contributed by atoms with Gasteiger partial charge in [0.05, 0.1) is 5.69 Å². The van der Waals surface area contributed by atoms with Gasteiger partial charge in [0.25, 0.3) is 5.56 Å². The van der Waals surface area contributed by atoms with Gasteiger partial charge >= 0.3 is 0 Å². The van der Waals surface area contributed by atoms with E-state index in [-0.39, 0.29) is 5.56 Å². The molecule has 1 aliphatic carbocycles. The van der Waals surface area contributed by atoms with Crippen LogP contribution in [-0.4, -0.2) is 9.97 Å². The second kappa shape index (κ2) is 3.30. The molecular weight excluding hydrogens is 200 g/mol. The van der Waals surface area contributed by atoms with Crippen molar-refractivity contribution in [2.45, 2.75) is 19.8 Å². The van der Waals surface area contributed by atoms with E-state index in [4.69, 9.17) is 0 Å². The van der Waals surface area contributed by atoms with Crippen molar-refractivity contribution in [1.29, 1.82) is 0 Å². The Labute approximate surface area is 93.2 Å². The SMILES string of the molecule is CCc1cc2c([nH]c1=O)Cc1ncccc1-2. The third-order valence-electron chi connectivity index (χ3n) is 3.11. The zero-order valence-corrected chi connectivity index (χ0v) is 9.08. The molecular formula is C13H12N2O. The van der Waals surface area contributed by atoms with E-state index in [1.807, 2.05) is 19.1 Å². The molecule has 0 radical (unpaired) electrons. The molecule has 0 saturated carbocycles. The minimum absolute atomic E-state index is 0.0362. The van der Waals surface area contributed by atoms with E-state index in [1.165, 1.54) is 0 Å². The molecule has 80 valence electrons. The number of rotatable bonds is 1. The molecule has 0 aliphatic heterocycles. The Hall–Kier alpha value is -1.90. The summed E-state index contributed by atoms with van der Waals surface area (Å²) in [5.41, 5.74) is 5.23. The lowest BCUT2D eigenvalue weighted by Crippen LogP contribution is -2.13. The number of hydrogen-bond acceptors (Lipinski definition) is 2. The smallest absolute Gasteiger partial charge is 0.251 e. The molecule has 2 aromatic heterocycles. The molecule has 3 nitrogen and oxygen atoms in total. The summed E-state index contributed by atoms with van der Waals surface area (Å²) in [6.07, 6.45) is 3.30. The van der Waals surface area contributed by atoms with Crippen molar-refractivity contribution < 1.29 is 0 Å². The third kappa shape index (κ3) is 1.21. The lowest BCUT2D eigenvalue weighted by Gasteiger charge is -2.02. The van der Waals surface area contributed by atoms with Crippen molar-refractivity contribution in [2.24, 2.45) is 0 Å². The molecule has 0 fully saturated rings. The number of pyridine rings is 2. The van der Waals surface area contributed by atoms with Gasteiger partial charge in [0.1, 0.15) is 0 Å². The maximum atomic E-state index is 11.7. The normalized spacial score (nSPS) is 12.3. The maximum absolute atomic E-state index is 11.7. The molecule has 0 aromatic carbocycles. The predicted molar refractivity (Wildman–Crippen MR) is 62.5 cm³/mol. The summed E-state index contributed by atoms with van der Waals surface area (Å²) in [6.45, 7) is 2.00. The molecule has 0 saturated heterocycles. The van der Waals surface area contributed by atoms with Crippen molar-refractivity contribution in [3.8, 4) is 11.1 Å². The summed E-state index contributed by atoms with van der Waals surface area (Å²) in [5.74, 6) is 0. The second-order valence-corrected chi connectivity index (χ2v) is 4.04. The van der Waals surface area contributed by atoms with Gasteiger partial charge in [-0.05, 0) is 18.6 Å². The molecule has 16 heavy (non-hydrogen) atoms. The standard InChI is InChI=1S/C13H12N2O/c1-2-8-6-10-9-4-3-5-14-11(9)7-12(10)15-13(8)16/h3-6H,2,7H2,1H3,(H,15,16). The monoisotopic (exact) mass is 212 g/mol. The average molecular weight is 212 g/mol. The quantitative estimate of drug-likeness (QED) is 0.669. The van der Waals surface area contributed by atoms with E-state index in [1.54, 1.807) is 6.20 Å². The van der Waals surface area contributed by atoms with Crippen molar-refractivity contribution >= 4 is 0 Å². The van der Waals surface area contributed by atoms with Crippen molar-refractivity contribution in [2.75, 3.05) is 0 Å². The molecule has 3 rings (SSSR count). The Bertz CT molecular complexity index is 614. The van der Waals surface area contributed by atoms with Crippen LogP contribution < -0.4 is 5.56 Å². The fourth-order valence-electron chi connectivity index (χ4n) is 2.25. The number of fused-ring (bicyclic) bond motifs is 3. The summed E-state index contributed by atoms with van der Waals surface area (Å²) in [6, 6.07) is 6.00. The van der Waals surface area contributed by atoms with Crippen LogP contribution in [-0.2, 0) is 12.8 Å². The zero-order valence-electron chi connectivity index (χ0n) is 9.08. The highest BCUT2D eigenvalue weighted by Gasteiger charge is 2.20. The Morgan fingerprint density at radius 1 is 1.44 bits per heavy atom. The van der Waals surface area contributed by atoms with Crippen LogP contribution in [0.1, 0.15) is 23.9 Å². The van der Waals surface area contributed by atoms with Crippen molar-refractivity contribution in [3.05, 3.63) is 51.7 Å². The molecule has 3 heteroatoms. The summed E-state index contributed by atoms with van der Waals surface area (Å²) in [5, 5.41) is 0. The van der Waals surface area contributed by atoms with Crippen molar-refractivity contribution in [3.63, 3.8) is 0 Å². The van der Waals surface area contributed by atoms with Gasteiger partial charge < -0.3 is 4.98 Å². The van der Waals surface area contributed by atoms with E-state index in [0.29, 0.717) is 0 Å². The summed E-state index contributed by atoms with van der Waals surface area (Å²) < 4.78 is 0. The molecule has 0 spiro atoms. The first-order valence-electron chi connectivity index (χ1n) is 5.49. The van der Waals surface area contributed by atoms with Crippen LogP contribution in [0.4, 0.5) is 0 Å². The van der Waals surface area contributed by atoms with Crippen LogP contribution in [0.15, 0.2) is 29.2 Å². The average Bonchev–Trinajstić information content (AvgIpc) is 2.65. The molecule has 0 bridgehead atoms. The van der Waals surface area contributed by atoms with E-state index in [2.05, 4.69) is 16.0 Å². The van der Waals surface area contributed by atoms with Gasteiger partial charge in [-0.2, -0.15) is 0 Å². The summed E-state index contributed by atoms with van der Waals surface area (Å²) in [7, 11) is 0. The number of nitrogens with zero attached hydrogens (tertiary/aromatic N) is 1. The van der Waals surface area contributed by atoms with E-state index in [9.17, 15) is 4.79 Å². The van der Waals surface area contributed by atoms with Gasteiger partial charge in [-0.25, -0.2) is 0 Å². The van der Waals surface area contributed by atoms with E-state index >= 15 is 0 Å². The first kappa shape index (κ1) is 9.33. The minimum atomic E-state index is 0.0362. The highest BCUT2D eigenvalue weighted by Crippen LogP contribution is 2.33. The topological polar surface area (TPSA) is 45.8 Å². The van der Waals surface area contributed by atoms with Crippen LogP contribution in [0.2, 0.25) is 0 Å². The number of hydrogen-bond donors (Lipinski definition) is 1. The fourth-order valence-corrected chi connectivity index (χ4v) is 2.25. The maximum Gasteiger partial charge on any atom is 0.251 e. The van der Waals surface area contributed by atoms with Gasteiger partial charge in [-0.1, -0.05) is 13.0 Å². The minimum Gasteiger partial charge on any atom is -0.325 e. The van der Waals surface area contributed by atoms with Gasteiger partial charge in [-0.3, -0.25) is 9.78 Å². The van der Waals surface area contributed by atoms with Gasteiger partial charge in [0.15, 0.2) is 0 Å². The molecule has 2 aromatic rings. The van der Waals surface area contributed by atoms with Crippen LogP contribution in [0.5, 0.6) is 0 Å². The molecule has 1 N–H and O–H groups in total.